The zero-order valence-electron chi connectivity index (χ0n) is 23.1. The van der Waals surface area contributed by atoms with Crippen LogP contribution >= 0.6 is 11.6 Å². The predicted octanol–water partition coefficient (Wildman–Crippen LogP) is 4.82. The van der Waals surface area contributed by atoms with Crippen molar-refractivity contribution >= 4 is 39.3 Å². The molecule has 0 saturated heterocycles. The highest BCUT2D eigenvalue weighted by atomic mass is 35.5. The van der Waals surface area contributed by atoms with Gasteiger partial charge >= 0.3 is 0 Å². The topological polar surface area (TPSA) is 104 Å². The second kappa shape index (κ2) is 13.3. The molecule has 0 aromatic heterocycles. The standard InChI is InChI=1S/C31H34ClN3O5S/c1-3-22(2)33-30(37)27(20-23-12-5-4-6-13-23)34(21-24-14-7-9-16-26(24)32)29(36)18-11-19-35-31(38)25-15-8-10-17-28(25)41(35,39)40/h4-10,12-17,22,27H,3,11,18-21H2,1-2H3,(H,33,37)/t22-,27+/m0/s1. The van der Waals surface area contributed by atoms with Gasteiger partial charge in [0, 0.05) is 37.0 Å². The third kappa shape index (κ3) is 6.97. The fraction of sp³-hybridized carbons (Fsp3) is 0.323. The maximum Gasteiger partial charge on any atom is 0.269 e. The van der Waals surface area contributed by atoms with Crippen LogP contribution in [0.15, 0.2) is 83.8 Å². The zero-order valence-corrected chi connectivity index (χ0v) is 24.7. The van der Waals surface area contributed by atoms with Gasteiger partial charge < -0.3 is 10.2 Å². The first-order chi connectivity index (χ1) is 19.6. The molecule has 0 unspecified atom stereocenters. The molecule has 0 spiro atoms. The number of hydrogen-bond donors (Lipinski definition) is 1. The lowest BCUT2D eigenvalue weighted by molar-refractivity contribution is -0.141. The quantitative estimate of drug-likeness (QED) is 0.323. The van der Waals surface area contributed by atoms with Crippen molar-refractivity contribution in [1.82, 2.24) is 14.5 Å². The molecule has 4 rings (SSSR count). The molecule has 1 aliphatic heterocycles. The molecule has 2 atom stereocenters. The molecule has 8 nitrogen and oxygen atoms in total. The Morgan fingerprint density at radius 1 is 0.976 bits per heavy atom. The van der Waals surface area contributed by atoms with Crippen molar-refractivity contribution in [3.63, 3.8) is 0 Å². The van der Waals surface area contributed by atoms with E-state index in [-0.39, 0.29) is 60.7 Å². The summed E-state index contributed by atoms with van der Waals surface area (Å²) in [5.74, 6) is -1.22. The van der Waals surface area contributed by atoms with E-state index in [0.29, 0.717) is 10.6 Å². The van der Waals surface area contributed by atoms with Gasteiger partial charge in [-0.1, -0.05) is 79.2 Å². The average Bonchev–Trinajstić information content (AvgIpc) is 3.16. The van der Waals surface area contributed by atoms with Crippen LogP contribution in [0.1, 0.15) is 54.6 Å². The minimum Gasteiger partial charge on any atom is -0.352 e. The second-order valence-electron chi connectivity index (χ2n) is 10.1. The number of carbonyl (C=O) groups is 3. The molecule has 0 radical (unpaired) electrons. The highest BCUT2D eigenvalue weighted by molar-refractivity contribution is 7.90. The molecule has 1 aliphatic rings. The number of rotatable bonds is 12. The van der Waals surface area contributed by atoms with Crippen molar-refractivity contribution in [2.24, 2.45) is 0 Å². The van der Waals surface area contributed by atoms with E-state index in [4.69, 9.17) is 11.6 Å². The molecule has 1 N–H and O–H groups in total. The van der Waals surface area contributed by atoms with E-state index in [1.54, 1.807) is 24.3 Å². The Hall–Kier alpha value is -3.69. The van der Waals surface area contributed by atoms with Crippen molar-refractivity contribution in [2.75, 3.05) is 6.54 Å². The van der Waals surface area contributed by atoms with E-state index in [2.05, 4.69) is 5.32 Å². The molecule has 10 heteroatoms. The fourth-order valence-electron chi connectivity index (χ4n) is 4.77. The maximum absolute atomic E-state index is 13.8. The summed E-state index contributed by atoms with van der Waals surface area (Å²) in [6, 6.07) is 21.7. The molecule has 0 bridgehead atoms. The number of nitrogens with one attached hydrogen (secondary N) is 1. The Labute approximate surface area is 246 Å². The molecule has 3 aromatic rings. The van der Waals surface area contributed by atoms with E-state index in [1.165, 1.54) is 17.0 Å². The van der Waals surface area contributed by atoms with Crippen LogP contribution in [0.25, 0.3) is 0 Å². The van der Waals surface area contributed by atoms with E-state index >= 15 is 0 Å². The first-order valence-corrected chi connectivity index (χ1v) is 15.5. The van der Waals surface area contributed by atoms with Crippen LogP contribution in [0, 0.1) is 0 Å². The van der Waals surface area contributed by atoms with Gasteiger partial charge in [0.25, 0.3) is 15.9 Å². The third-order valence-corrected chi connectivity index (χ3v) is 9.44. The van der Waals surface area contributed by atoms with Gasteiger partial charge in [0.15, 0.2) is 0 Å². The first kappa shape index (κ1) is 30.3. The monoisotopic (exact) mass is 595 g/mol. The van der Waals surface area contributed by atoms with Crippen molar-refractivity contribution in [1.29, 1.82) is 0 Å². The summed E-state index contributed by atoms with van der Waals surface area (Å²) >= 11 is 6.46. The summed E-state index contributed by atoms with van der Waals surface area (Å²) < 4.78 is 26.7. The van der Waals surface area contributed by atoms with E-state index in [9.17, 15) is 22.8 Å². The first-order valence-electron chi connectivity index (χ1n) is 13.7. The lowest BCUT2D eigenvalue weighted by Gasteiger charge is -2.32. The number of nitrogens with zero attached hydrogens (tertiary/aromatic N) is 2. The highest BCUT2D eigenvalue weighted by Gasteiger charge is 2.40. The predicted molar refractivity (Wildman–Crippen MR) is 158 cm³/mol. The lowest BCUT2D eigenvalue weighted by atomic mass is 10.0. The van der Waals surface area contributed by atoms with Gasteiger partial charge in [-0.3, -0.25) is 14.4 Å². The number of halogens is 1. The Balaban J connectivity index is 1.58. The van der Waals surface area contributed by atoms with Crippen molar-refractivity contribution in [3.8, 4) is 0 Å². The van der Waals surface area contributed by atoms with Gasteiger partial charge in [0.1, 0.15) is 10.9 Å². The molecule has 41 heavy (non-hydrogen) atoms. The summed E-state index contributed by atoms with van der Waals surface area (Å²) in [5.41, 5.74) is 1.70. The molecular weight excluding hydrogens is 562 g/mol. The molecule has 1 heterocycles. The number of benzene rings is 3. The molecular formula is C31H34ClN3O5S. The third-order valence-electron chi connectivity index (χ3n) is 7.23. The molecule has 3 aromatic carbocycles. The van der Waals surface area contributed by atoms with E-state index in [0.717, 1.165) is 16.3 Å². The van der Waals surface area contributed by atoms with Gasteiger partial charge in [0.2, 0.25) is 11.8 Å². The molecule has 3 amide bonds. The van der Waals surface area contributed by atoms with Gasteiger partial charge in [-0.15, -0.1) is 0 Å². The summed E-state index contributed by atoms with van der Waals surface area (Å²) in [4.78, 5) is 41.7. The molecule has 216 valence electrons. The Bertz CT molecular complexity index is 1510. The normalized spacial score (nSPS) is 15.2. The van der Waals surface area contributed by atoms with Crippen LogP contribution in [0.3, 0.4) is 0 Å². The average molecular weight is 596 g/mol. The van der Waals surface area contributed by atoms with Crippen LogP contribution < -0.4 is 5.32 Å². The minimum absolute atomic E-state index is 0.0266. The van der Waals surface area contributed by atoms with Crippen LogP contribution in [-0.2, 0) is 32.6 Å². The van der Waals surface area contributed by atoms with Crippen LogP contribution in [0.5, 0.6) is 0 Å². The zero-order chi connectivity index (χ0) is 29.6. The van der Waals surface area contributed by atoms with Gasteiger partial charge in [-0.2, -0.15) is 0 Å². The van der Waals surface area contributed by atoms with Gasteiger partial charge in [0.05, 0.1) is 5.56 Å². The van der Waals surface area contributed by atoms with E-state index < -0.39 is 22.0 Å². The summed E-state index contributed by atoms with van der Waals surface area (Å²) in [6.45, 7) is 3.82. The van der Waals surface area contributed by atoms with Gasteiger partial charge in [-0.05, 0) is 49.1 Å². The number of carbonyl (C=O) groups excluding carboxylic acids is 3. The van der Waals surface area contributed by atoms with Crippen LogP contribution in [0.4, 0.5) is 0 Å². The SMILES string of the molecule is CC[C@H](C)NC(=O)[C@@H](Cc1ccccc1)N(Cc1ccccc1Cl)C(=O)CCCN1C(=O)c2ccccc2S1(=O)=O. The fourth-order valence-corrected chi connectivity index (χ4v) is 6.58. The molecule has 0 saturated carbocycles. The number of amides is 3. The van der Waals surface area contributed by atoms with Crippen molar-refractivity contribution < 1.29 is 22.8 Å². The van der Waals surface area contributed by atoms with Crippen molar-refractivity contribution in [3.05, 3.63) is 101 Å². The Kier molecular flexibility index (Phi) is 9.83. The Morgan fingerprint density at radius 2 is 1.63 bits per heavy atom. The van der Waals surface area contributed by atoms with Crippen molar-refractivity contribution in [2.45, 2.75) is 63.1 Å². The minimum atomic E-state index is -3.98. The highest BCUT2D eigenvalue weighted by Crippen LogP contribution is 2.30. The number of fused-ring (bicyclic) bond motifs is 1. The van der Waals surface area contributed by atoms with Crippen LogP contribution in [-0.4, -0.2) is 54.0 Å². The van der Waals surface area contributed by atoms with Gasteiger partial charge in [-0.25, -0.2) is 12.7 Å². The van der Waals surface area contributed by atoms with E-state index in [1.807, 2.05) is 56.3 Å². The largest absolute Gasteiger partial charge is 0.352 e. The number of sulfonamides is 1. The molecule has 0 aliphatic carbocycles. The molecule has 0 fully saturated rings. The Morgan fingerprint density at radius 3 is 2.32 bits per heavy atom. The summed E-state index contributed by atoms with van der Waals surface area (Å²) in [5, 5.41) is 3.49. The second-order valence-corrected chi connectivity index (χ2v) is 12.4. The van der Waals surface area contributed by atoms with Crippen LogP contribution in [0.2, 0.25) is 5.02 Å². The summed E-state index contributed by atoms with van der Waals surface area (Å²) in [6.07, 6.45) is 1.04. The smallest absolute Gasteiger partial charge is 0.269 e. The summed E-state index contributed by atoms with van der Waals surface area (Å²) in [7, 11) is -3.98. The lowest BCUT2D eigenvalue weighted by Crippen LogP contribution is -2.52. The maximum atomic E-state index is 13.8. The number of hydrogen-bond acceptors (Lipinski definition) is 5.